The van der Waals surface area contributed by atoms with Gasteiger partial charge in [-0.3, -0.25) is 0 Å². The molecule has 0 saturated heterocycles. The number of ether oxygens (including phenoxy) is 4. The Morgan fingerprint density at radius 1 is 1.03 bits per heavy atom. The van der Waals surface area contributed by atoms with Crippen LogP contribution in [0.3, 0.4) is 0 Å². The van der Waals surface area contributed by atoms with E-state index in [2.05, 4.69) is 0 Å². The van der Waals surface area contributed by atoms with Gasteiger partial charge >= 0.3 is 5.97 Å². The fourth-order valence-electron chi connectivity index (χ4n) is 3.07. The van der Waals surface area contributed by atoms with Gasteiger partial charge in [-0.2, -0.15) is 0 Å². The minimum absolute atomic E-state index is 0.323. The summed E-state index contributed by atoms with van der Waals surface area (Å²) >= 11 is 0. The third kappa shape index (κ3) is 3.89. The Balaban J connectivity index is 2.24. The van der Waals surface area contributed by atoms with Crippen LogP contribution >= 0.6 is 0 Å². The van der Waals surface area contributed by atoms with Crippen molar-refractivity contribution in [2.24, 2.45) is 0 Å². The minimum atomic E-state index is -1.07. The molecule has 0 spiro atoms. The second-order valence-corrected chi connectivity index (χ2v) is 6.49. The molecule has 1 atom stereocenters. The largest absolute Gasteiger partial charge is 0.497 e. The van der Waals surface area contributed by atoms with Gasteiger partial charge in [-0.25, -0.2) is 9.78 Å². The summed E-state index contributed by atoms with van der Waals surface area (Å²) in [5, 5.41) is 10.2. The van der Waals surface area contributed by atoms with Gasteiger partial charge in [0.15, 0.2) is 17.6 Å². The van der Waals surface area contributed by atoms with Crippen LogP contribution in [-0.2, 0) is 4.79 Å². The molecule has 0 saturated carbocycles. The summed E-state index contributed by atoms with van der Waals surface area (Å²) in [5.41, 5.74) is 2.87. The molecule has 3 rings (SSSR count). The van der Waals surface area contributed by atoms with Crippen LogP contribution in [0.2, 0.25) is 0 Å². The van der Waals surface area contributed by atoms with Crippen molar-refractivity contribution in [3.05, 3.63) is 42.0 Å². The standard InChI is InChI=1S/C22H23NO6/c1-12-9-17(23-20-16(12)10-14(26-3)11-19(20)28-5)15-7-6-8-18(27-4)21(15)29-13(2)22(24)25/h6-11,13H,1-5H3,(H,24,25). The Morgan fingerprint density at radius 2 is 1.76 bits per heavy atom. The van der Waals surface area contributed by atoms with E-state index in [4.69, 9.17) is 23.9 Å². The zero-order valence-corrected chi connectivity index (χ0v) is 17.0. The van der Waals surface area contributed by atoms with E-state index < -0.39 is 12.1 Å². The number of benzene rings is 2. The number of pyridine rings is 1. The first kappa shape index (κ1) is 20.3. The highest BCUT2D eigenvalue weighted by atomic mass is 16.5. The van der Waals surface area contributed by atoms with Gasteiger partial charge < -0.3 is 24.1 Å². The molecular formula is C22H23NO6. The molecular weight excluding hydrogens is 374 g/mol. The molecule has 7 heteroatoms. The SMILES string of the molecule is COc1cc(OC)c2nc(-c3cccc(OC)c3OC(C)C(=O)O)cc(C)c2c1. The predicted molar refractivity (Wildman–Crippen MR) is 109 cm³/mol. The summed E-state index contributed by atoms with van der Waals surface area (Å²) in [6.45, 7) is 3.43. The van der Waals surface area contributed by atoms with E-state index in [0.29, 0.717) is 39.8 Å². The van der Waals surface area contributed by atoms with Crippen molar-refractivity contribution in [3.63, 3.8) is 0 Å². The van der Waals surface area contributed by atoms with Crippen molar-refractivity contribution >= 4 is 16.9 Å². The van der Waals surface area contributed by atoms with Crippen LogP contribution in [0.25, 0.3) is 22.2 Å². The molecule has 1 unspecified atom stereocenters. The molecule has 1 aromatic heterocycles. The first-order valence-corrected chi connectivity index (χ1v) is 8.99. The molecule has 0 aliphatic rings. The fraction of sp³-hybridized carbons (Fsp3) is 0.273. The van der Waals surface area contributed by atoms with E-state index in [9.17, 15) is 9.90 Å². The Bertz CT molecular complexity index is 1060. The zero-order valence-electron chi connectivity index (χ0n) is 17.0. The van der Waals surface area contributed by atoms with Crippen LogP contribution in [0.15, 0.2) is 36.4 Å². The molecule has 7 nitrogen and oxygen atoms in total. The normalized spacial score (nSPS) is 11.8. The van der Waals surface area contributed by atoms with Crippen molar-refractivity contribution < 1.29 is 28.8 Å². The van der Waals surface area contributed by atoms with Crippen molar-refractivity contribution in [2.75, 3.05) is 21.3 Å². The number of carboxylic acid groups (broad SMARTS) is 1. The smallest absolute Gasteiger partial charge is 0.344 e. The van der Waals surface area contributed by atoms with Gasteiger partial charge in [0, 0.05) is 17.0 Å². The van der Waals surface area contributed by atoms with Crippen LogP contribution < -0.4 is 18.9 Å². The van der Waals surface area contributed by atoms with E-state index >= 15 is 0 Å². The molecule has 0 aliphatic heterocycles. The number of para-hydroxylation sites is 1. The van der Waals surface area contributed by atoms with Gasteiger partial charge in [-0.05, 0) is 43.7 Å². The van der Waals surface area contributed by atoms with Crippen molar-refractivity contribution in [1.82, 2.24) is 4.98 Å². The molecule has 0 radical (unpaired) electrons. The third-order valence-corrected chi connectivity index (χ3v) is 4.63. The van der Waals surface area contributed by atoms with Crippen molar-refractivity contribution in [2.45, 2.75) is 20.0 Å². The fourth-order valence-corrected chi connectivity index (χ4v) is 3.07. The summed E-state index contributed by atoms with van der Waals surface area (Å²) in [6.07, 6.45) is -1.05. The monoisotopic (exact) mass is 397 g/mol. The number of fused-ring (bicyclic) bond motifs is 1. The Hall–Kier alpha value is -3.48. The maximum Gasteiger partial charge on any atom is 0.344 e. The summed E-state index contributed by atoms with van der Waals surface area (Å²) in [4.78, 5) is 16.1. The lowest BCUT2D eigenvalue weighted by atomic mass is 10.0. The topological polar surface area (TPSA) is 87.1 Å². The van der Waals surface area contributed by atoms with Gasteiger partial charge in [0.05, 0.1) is 27.0 Å². The van der Waals surface area contributed by atoms with Gasteiger partial charge in [0.1, 0.15) is 17.0 Å². The van der Waals surface area contributed by atoms with Gasteiger partial charge in [0.2, 0.25) is 0 Å². The van der Waals surface area contributed by atoms with E-state index in [0.717, 1.165) is 10.9 Å². The maximum atomic E-state index is 11.3. The second-order valence-electron chi connectivity index (χ2n) is 6.49. The molecule has 152 valence electrons. The van der Waals surface area contributed by atoms with E-state index in [-0.39, 0.29) is 0 Å². The minimum Gasteiger partial charge on any atom is -0.497 e. The Morgan fingerprint density at radius 3 is 2.38 bits per heavy atom. The molecule has 0 aliphatic carbocycles. The molecule has 2 aromatic carbocycles. The molecule has 0 fully saturated rings. The summed E-state index contributed by atoms with van der Waals surface area (Å²) in [7, 11) is 4.68. The van der Waals surface area contributed by atoms with Crippen molar-refractivity contribution in [1.29, 1.82) is 0 Å². The molecule has 1 heterocycles. The Labute approximate surface area is 168 Å². The summed E-state index contributed by atoms with van der Waals surface area (Å²) in [6, 6.07) is 10.9. The number of nitrogens with zero attached hydrogens (tertiary/aromatic N) is 1. The second kappa shape index (κ2) is 8.26. The molecule has 0 amide bonds. The number of carboxylic acids is 1. The summed E-state index contributed by atoms with van der Waals surface area (Å²) < 4.78 is 22.0. The van der Waals surface area contributed by atoms with E-state index in [1.54, 1.807) is 32.4 Å². The highest BCUT2D eigenvalue weighted by Crippen LogP contribution is 2.40. The lowest BCUT2D eigenvalue weighted by Crippen LogP contribution is -2.23. The molecule has 0 bridgehead atoms. The quantitative estimate of drug-likeness (QED) is 0.642. The van der Waals surface area contributed by atoms with Crippen LogP contribution in [0.1, 0.15) is 12.5 Å². The average molecular weight is 397 g/mol. The van der Waals surface area contributed by atoms with E-state index in [1.807, 2.05) is 25.1 Å². The number of aryl methyl sites for hydroxylation is 1. The number of carbonyl (C=O) groups is 1. The number of aromatic nitrogens is 1. The zero-order chi connectivity index (χ0) is 21.1. The van der Waals surface area contributed by atoms with Gasteiger partial charge in [-0.1, -0.05) is 6.07 Å². The number of hydrogen-bond acceptors (Lipinski definition) is 6. The Kier molecular flexibility index (Phi) is 5.77. The highest BCUT2D eigenvalue weighted by Gasteiger charge is 2.21. The maximum absolute atomic E-state index is 11.3. The van der Waals surface area contributed by atoms with Crippen LogP contribution in [0.5, 0.6) is 23.0 Å². The van der Waals surface area contributed by atoms with Gasteiger partial charge in [-0.15, -0.1) is 0 Å². The highest BCUT2D eigenvalue weighted by molar-refractivity contribution is 5.91. The number of methoxy groups -OCH3 is 3. The molecule has 29 heavy (non-hydrogen) atoms. The predicted octanol–water partition coefficient (Wildman–Crippen LogP) is 4.09. The number of rotatable bonds is 7. The lowest BCUT2D eigenvalue weighted by molar-refractivity contribution is -0.144. The average Bonchev–Trinajstić information content (AvgIpc) is 2.72. The third-order valence-electron chi connectivity index (χ3n) is 4.63. The number of hydrogen-bond donors (Lipinski definition) is 1. The van der Waals surface area contributed by atoms with Crippen LogP contribution in [0, 0.1) is 6.92 Å². The molecule has 1 N–H and O–H groups in total. The number of aliphatic carboxylic acids is 1. The first-order valence-electron chi connectivity index (χ1n) is 8.99. The molecule has 3 aromatic rings. The van der Waals surface area contributed by atoms with Gasteiger partial charge in [0.25, 0.3) is 0 Å². The lowest BCUT2D eigenvalue weighted by Gasteiger charge is -2.18. The van der Waals surface area contributed by atoms with Crippen molar-refractivity contribution in [3.8, 4) is 34.3 Å². The summed E-state index contributed by atoms with van der Waals surface area (Å²) in [5.74, 6) is 0.931. The van der Waals surface area contributed by atoms with Crippen LogP contribution in [0.4, 0.5) is 0 Å². The van der Waals surface area contributed by atoms with Crippen LogP contribution in [-0.4, -0.2) is 43.5 Å². The first-order chi connectivity index (χ1) is 13.9. The van der Waals surface area contributed by atoms with E-state index in [1.165, 1.54) is 14.0 Å².